The molecule has 0 radical (unpaired) electrons. The van der Waals surface area contributed by atoms with E-state index in [1.165, 1.54) is 0 Å². The van der Waals surface area contributed by atoms with E-state index in [-0.39, 0.29) is 0 Å². The Kier molecular flexibility index (Phi) is 4.81. The highest BCUT2D eigenvalue weighted by molar-refractivity contribution is 5.99. The van der Waals surface area contributed by atoms with Crippen LogP contribution in [0.25, 0.3) is 11.1 Å². The van der Waals surface area contributed by atoms with Gasteiger partial charge < -0.3 is 9.69 Å². The monoisotopic (exact) mass is 363 g/mol. The molecule has 0 spiro atoms. The van der Waals surface area contributed by atoms with Crippen molar-refractivity contribution in [2.45, 2.75) is 6.04 Å². The van der Waals surface area contributed by atoms with Crippen molar-refractivity contribution in [1.29, 1.82) is 5.26 Å². The minimum absolute atomic E-state index is 0.530. The Bertz CT molecular complexity index is 1100. The summed E-state index contributed by atoms with van der Waals surface area (Å²) in [6.07, 6.45) is 8.38. The van der Waals surface area contributed by atoms with Crippen molar-refractivity contribution in [2.75, 3.05) is 4.90 Å². The van der Waals surface area contributed by atoms with Gasteiger partial charge in [0.15, 0.2) is 0 Å². The predicted molar refractivity (Wildman–Crippen MR) is 110 cm³/mol. The fourth-order valence-corrected chi connectivity index (χ4v) is 3.41. The molecular weight excluding hydrogens is 346 g/mol. The van der Waals surface area contributed by atoms with Gasteiger partial charge in [0.05, 0.1) is 11.6 Å². The van der Waals surface area contributed by atoms with Crippen LogP contribution in [0.2, 0.25) is 0 Å². The third-order valence-electron chi connectivity index (χ3n) is 4.74. The third kappa shape index (κ3) is 3.22. The van der Waals surface area contributed by atoms with Gasteiger partial charge in [-0.05, 0) is 47.1 Å². The molecule has 1 aliphatic heterocycles. The summed E-state index contributed by atoms with van der Waals surface area (Å²) in [4.78, 5) is 18.3. The summed E-state index contributed by atoms with van der Waals surface area (Å²) in [6.45, 7) is 0. The topological polar surface area (TPSA) is 57.0 Å². The van der Waals surface area contributed by atoms with Crippen LogP contribution in [0.15, 0.2) is 91.4 Å². The van der Waals surface area contributed by atoms with Gasteiger partial charge in [0.1, 0.15) is 12.3 Å². The first kappa shape index (κ1) is 17.4. The zero-order valence-electron chi connectivity index (χ0n) is 15.1. The molecular formula is C24H17N3O. The van der Waals surface area contributed by atoms with Crippen LogP contribution in [0.1, 0.15) is 16.7 Å². The van der Waals surface area contributed by atoms with E-state index in [0.29, 0.717) is 5.56 Å². The maximum absolute atomic E-state index is 12.2. The lowest BCUT2D eigenvalue weighted by molar-refractivity contribution is -0.107. The number of benzene rings is 2. The number of nitriles is 1. The summed E-state index contributed by atoms with van der Waals surface area (Å²) in [5.41, 5.74) is 4.87. The SMILES string of the molecule is N#Cc1ccccc1C1=CC(c2cccnc2)=CN(c2ccccc2)C1C=O. The van der Waals surface area contributed by atoms with Crippen LogP contribution in [-0.4, -0.2) is 17.3 Å². The highest BCUT2D eigenvalue weighted by Gasteiger charge is 2.28. The van der Waals surface area contributed by atoms with Gasteiger partial charge in [0, 0.05) is 29.8 Å². The molecule has 0 fully saturated rings. The molecule has 1 aliphatic rings. The minimum atomic E-state index is -0.530. The van der Waals surface area contributed by atoms with E-state index in [0.717, 1.165) is 34.2 Å². The average molecular weight is 363 g/mol. The molecule has 1 unspecified atom stereocenters. The van der Waals surface area contributed by atoms with Gasteiger partial charge in [0.25, 0.3) is 0 Å². The largest absolute Gasteiger partial charge is 0.333 e. The van der Waals surface area contributed by atoms with Crippen LogP contribution in [0.4, 0.5) is 5.69 Å². The normalized spacial score (nSPS) is 16.0. The first-order valence-electron chi connectivity index (χ1n) is 8.94. The fraction of sp³-hybridized carbons (Fsp3) is 0.0417. The lowest BCUT2D eigenvalue weighted by atomic mass is 9.88. The van der Waals surface area contributed by atoms with E-state index in [9.17, 15) is 10.1 Å². The fourth-order valence-electron chi connectivity index (χ4n) is 3.41. The van der Waals surface area contributed by atoms with E-state index in [1.54, 1.807) is 18.5 Å². The van der Waals surface area contributed by atoms with Crippen LogP contribution in [-0.2, 0) is 4.79 Å². The lowest BCUT2D eigenvalue weighted by Gasteiger charge is -2.33. The van der Waals surface area contributed by atoms with Crippen LogP contribution in [0, 0.1) is 11.3 Å². The quantitative estimate of drug-likeness (QED) is 0.642. The second kappa shape index (κ2) is 7.73. The second-order valence-corrected chi connectivity index (χ2v) is 6.41. The maximum Gasteiger partial charge on any atom is 0.147 e. The summed E-state index contributed by atoms with van der Waals surface area (Å²) in [5.74, 6) is 0. The van der Waals surface area contributed by atoms with E-state index >= 15 is 0 Å². The zero-order valence-corrected chi connectivity index (χ0v) is 15.1. The van der Waals surface area contributed by atoms with E-state index in [1.807, 2.05) is 77.8 Å². The number of nitrogens with zero attached hydrogens (tertiary/aromatic N) is 3. The van der Waals surface area contributed by atoms with Crippen molar-refractivity contribution >= 4 is 23.1 Å². The molecule has 0 bridgehead atoms. The number of aldehydes is 1. The van der Waals surface area contributed by atoms with Crippen molar-refractivity contribution in [1.82, 2.24) is 4.98 Å². The maximum atomic E-state index is 12.2. The van der Waals surface area contributed by atoms with Gasteiger partial charge in [-0.2, -0.15) is 5.26 Å². The number of rotatable bonds is 4. The minimum Gasteiger partial charge on any atom is -0.333 e. The molecule has 1 aromatic heterocycles. The molecule has 4 nitrogen and oxygen atoms in total. The van der Waals surface area contributed by atoms with Gasteiger partial charge in [-0.15, -0.1) is 0 Å². The number of pyridine rings is 1. The van der Waals surface area contributed by atoms with Crippen molar-refractivity contribution < 1.29 is 4.79 Å². The summed E-state index contributed by atoms with van der Waals surface area (Å²) in [7, 11) is 0. The number of aromatic nitrogens is 1. The lowest BCUT2D eigenvalue weighted by Crippen LogP contribution is -2.35. The molecule has 0 saturated carbocycles. The first-order valence-corrected chi connectivity index (χ1v) is 8.94. The molecule has 0 aliphatic carbocycles. The standard InChI is InChI=1S/C24H17N3O/c25-14-18-7-4-5-11-22(18)23-13-20(19-8-6-12-26-15-19)16-27(24(23)17-28)21-9-2-1-3-10-21/h1-13,15-17,24H. The second-order valence-electron chi connectivity index (χ2n) is 6.41. The predicted octanol–water partition coefficient (Wildman–Crippen LogP) is 4.47. The first-order chi connectivity index (χ1) is 13.8. The van der Waals surface area contributed by atoms with E-state index in [4.69, 9.17) is 0 Å². The van der Waals surface area contributed by atoms with Crippen molar-refractivity contribution in [3.05, 3.63) is 108 Å². The van der Waals surface area contributed by atoms with Crippen LogP contribution >= 0.6 is 0 Å². The van der Waals surface area contributed by atoms with E-state index < -0.39 is 6.04 Å². The van der Waals surface area contributed by atoms with E-state index in [2.05, 4.69) is 11.1 Å². The van der Waals surface area contributed by atoms with Crippen molar-refractivity contribution in [3.63, 3.8) is 0 Å². The van der Waals surface area contributed by atoms with Gasteiger partial charge in [-0.1, -0.05) is 42.5 Å². The van der Waals surface area contributed by atoms with Crippen LogP contribution < -0.4 is 4.90 Å². The Morgan fingerprint density at radius 1 is 1.00 bits per heavy atom. The Labute approximate surface area is 163 Å². The number of para-hydroxylation sites is 1. The van der Waals surface area contributed by atoms with Crippen molar-refractivity contribution in [3.8, 4) is 6.07 Å². The summed E-state index contributed by atoms with van der Waals surface area (Å²) in [5, 5.41) is 9.57. The number of allylic oxidation sites excluding steroid dienone is 2. The summed E-state index contributed by atoms with van der Waals surface area (Å²) >= 11 is 0. The summed E-state index contributed by atoms with van der Waals surface area (Å²) < 4.78 is 0. The Hall–Kier alpha value is -3.97. The molecule has 4 heteroatoms. The number of carbonyl (C=O) groups is 1. The molecule has 2 aromatic carbocycles. The Balaban J connectivity index is 1.93. The molecule has 2 heterocycles. The van der Waals surface area contributed by atoms with Gasteiger partial charge in [0.2, 0.25) is 0 Å². The smallest absolute Gasteiger partial charge is 0.147 e. The van der Waals surface area contributed by atoms with Crippen molar-refractivity contribution in [2.24, 2.45) is 0 Å². The van der Waals surface area contributed by atoms with Gasteiger partial charge in [-0.3, -0.25) is 4.98 Å². The average Bonchev–Trinajstić information content (AvgIpc) is 2.79. The van der Waals surface area contributed by atoms with Crippen LogP contribution in [0.5, 0.6) is 0 Å². The number of hydrogen-bond donors (Lipinski definition) is 0. The molecule has 0 N–H and O–H groups in total. The summed E-state index contributed by atoms with van der Waals surface area (Å²) in [6, 6.07) is 22.7. The molecule has 0 amide bonds. The number of anilines is 1. The molecule has 3 aromatic rings. The Morgan fingerprint density at radius 2 is 1.79 bits per heavy atom. The molecule has 1 atom stereocenters. The zero-order chi connectivity index (χ0) is 19.3. The number of carbonyl (C=O) groups excluding carboxylic acids is 1. The molecule has 134 valence electrons. The Morgan fingerprint density at radius 3 is 2.50 bits per heavy atom. The van der Waals surface area contributed by atoms with Crippen LogP contribution in [0.3, 0.4) is 0 Å². The highest BCUT2D eigenvalue weighted by Crippen LogP contribution is 2.35. The number of hydrogen-bond acceptors (Lipinski definition) is 4. The van der Waals surface area contributed by atoms with Gasteiger partial charge >= 0.3 is 0 Å². The molecule has 28 heavy (non-hydrogen) atoms. The molecule has 0 saturated heterocycles. The third-order valence-corrected chi connectivity index (χ3v) is 4.74. The van der Waals surface area contributed by atoms with Gasteiger partial charge in [-0.25, -0.2) is 0 Å². The molecule has 4 rings (SSSR count). The highest BCUT2D eigenvalue weighted by atomic mass is 16.1.